The minimum absolute atomic E-state index is 0.697. The minimum atomic E-state index is 0.697. The van der Waals surface area contributed by atoms with Crippen molar-refractivity contribution in [3.8, 4) is 0 Å². The summed E-state index contributed by atoms with van der Waals surface area (Å²) in [5.41, 5.74) is 6.75. The summed E-state index contributed by atoms with van der Waals surface area (Å²) in [6.07, 6.45) is 4.77. The largest absolute Gasteiger partial charge is 0.370 e. The van der Waals surface area contributed by atoms with Gasteiger partial charge in [0.1, 0.15) is 0 Å². The van der Waals surface area contributed by atoms with Crippen LogP contribution in [0.4, 0.5) is 5.69 Å². The molecule has 0 unspecified atom stereocenters. The van der Waals surface area contributed by atoms with Crippen LogP contribution in [0.25, 0.3) is 0 Å². The highest BCUT2D eigenvalue weighted by atomic mass is 15.1. The van der Waals surface area contributed by atoms with Crippen molar-refractivity contribution in [2.45, 2.75) is 13.3 Å². The van der Waals surface area contributed by atoms with Crippen LogP contribution in [0.1, 0.15) is 13.3 Å². The smallest absolute Gasteiger partial charge is 0.0397 e. The third kappa shape index (κ3) is 3.03. The van der Waals surface area contributed by atoms with Crippen LogP contribution < -0.4 is 10.6 Å². The maximum Gasteiger partial charge on any atom is 0.0397 e. The second kappa shape index (κ2) is 5.54. The molecule has 1 aromatic heterocycles. The molecule has 1 aromatic rings. The van der Waals surface area contributed by atoms with Crippen LogP contribution in [0.5, 0.6) is 0 Å². The van der Waals surface area contributed by atoms with Crippen LogP contribution in [0.3, 0.4) is 0 Å². The molecule has 0 radical (unpaired) electrons. The summed E-state index contributed by atoms with van der Waals surface area (Å²) in [5.74, 6) is 0. The van der Waals surface area contributed by atoms with Gasteiger partial charge in [0, 0.05) is 37.7 Å². The number of nitrogens with zero attached hydrogens (tertiary/aromatic N) is 2. The Hall–Kier alpha value is -1.09. The van der Waals surface area contributed by atoms with Crippen molar-refractivity contribution in [2.75, 3.05) is 24.5 Å². The van der Waals surface area contributed by atoms with E-state index in [0.717, 1.165) is 19.5 Å². The van der Waals surface area contributed by atoms with Crippen molar-refractivity contribution in [3.63, 3.8) is 0 Å². The van der Waals surface area contributed by atoms with Gasteiger partial charge >= 0.3 is 0 Å². The van der Waals surface area contributed by atoms with Crippen LogP contribution in [0.2, 0.25) is 0 Å². The molecule has 3 heteroatoms. The normalized spacial score (nSPS) is 10.0. The molecule has 0 aliphatic rings. The highest BCUT2D eigenvalue weighted by Crippen LogP contribution is 2.11. The predicted octanol–water partition coefficient (Wildman–Crippen LogP) is 1.26. The molecule has 1 heterocycles. The van der Waals surface area contributed by atoms with Crippen molar-refractivity contribution in [1.82, 2.24) is 4.98 Å². The van der Waals surface area contributed by atoms with Gasteiger partial charge in [0.2, 0.25) is 0 Å². The maximum atomic E-state index is 5.54. The van der Waals surface area contributed by atoms with Crippen LogP contribution in [0.15, 0.2) is 24.5 Å². The van der Waals surface area contributed by atoms with E-state index in [0.29, 0.717) is 6.54 Å². The fourth-order valence-electron chi connectivity index (χ4n) is 1.35. The molecule has 0 atom stereocenters. The van der Waals surface area contributed by atoms with Gasteiger partial charge in [-0.1, -0.05) is 6.92 Å². The van der Waals surface area contributed by atoms with Gasteiger partial charge in [0.25, 0.3) is 0 Å². The third-order valence-corrected chi connectivity index (χ3v) is 1.92. The average Bonchev–Trinajstić information content (AvgIpc) is 2.19. The molecule has 0 aliphatic heterocycles. The summed E-state index contributed by atoms with van der Waals surface area (Å²) in [4.78, 5) is 6.27. The Morgan fingerprint density at radius 3 is 2.54 bits per heavy atom. The monoisotopic (exact) mass is 179 g/mol. The van der Waals surface area contributed by atoms with Crippen molar-refractivity contribution in [1.29, 1.82) is 0 Å². The highest BCUT2D eigenvalue weighted by Gasteiger charge is 2.02. The van der Waals surface area contributed by atoms with E-state index in [1.165, 1.54) is 5.69 Å². The summed E-state index contributed by atoms with van der Waals surface area (Å²) in [6.45, 7) is 4.84. The molecule has 0 bridgehead atoms. The first-order valence-electron chi connectivity index (χ1n) is 4.73. The fraction of sp³-hybridized carbons (Fsp3) is 0.500. The van der Waals surface area contributed by atoms with Gasteiger partial charge in [0.05, 0.1) is 0 Å². The predicted molar refractivity (Wildman–Crippen MR) is 55.8 cm³/mol. The summed E-state index contributed by atoms with van der Waals surface area (Å²) in [5, 5.41) is 0. The van der Waals surface area contributed by atoms with E-state index < -0.39 is 0 Å². The Labute approximate surface area is 79.6 Å². The first-order chi connectivity index (χ1) is 6.38. The van der Waals surface area contributed by atoms with E-state index in [4.69, 9.17) is 5.73 Å². The van der Waals surface area contributed by atoms with Crippen LogP contribution in [-0.2, 0) is 0 Å². The molecule has 0 fully saturated rings. The lowest BCUT2D eigenvalue weighted by Gasteiger charge is -2.23. The fourth-order valence-corrected chi connectivity index (χ4v) is 1.35. The number of nitrogens with two attached hydrogens (primary N) is 1. The number of hydrogen-bond donors (Lipinski definition) is 1. The SMILES string of the molecule is CCCN(CCN)c1ccncc1. The molecule has 13 heavy (non-hydrogen) atoms. The van der Waals surface area contributed by atoms with E-state index in [-0.39, 0.29) is 0 Å². The van der Waals surface area contributed by atoms with Crippen molar-refractivity contribution in [3.05, 3.63) is 24.5 Å². The van der Waals surface area contributed by atoms with Crippen molar-refractivity contribution in [2.24, 2.45) is 5.73 Å². The molecule has 0 saturated carbocycles. The van der Waals surface area contributed by atoms with Gasteiger partial charge < -0.3 is 10.6 Å². The quantitative estimate of drug-likeness (QED) is 0.740. The minimum Gasteiger partial charge on any atom is -0.370 e. The van der Waals surface area contributed by atoms with Crippen LogP contribution in [0, 0.1) is 0 Å². The van der Waals surface area contributed by atoms with Gasteiger partial charge in [-0.05, 0) is 18.6 Å². The van der Waals surface area contributed by atoms with E-state index >= 15 is 0 Å². The summed E-state index contributed by atoms with van der Waals surface area (Å²) < 4.78 is 0. The molecule has 3 nitrogen and oxygen atoms in total. The zero-order valence-corrected chi connectivity index (χ0v) is 8.11. The molecular formula is C10H17N3. The number of anilines is 1. The maximum absolute atomic E-state index is 5.54. The van der Waals surface area contributed by atoms with Gasteiger partial charge in [-0.15, -0.1) is 0 Å². The Kier molecular flexibility index (Phi) is 4.26. The van der Waals surface area contributed by atoms with Crippen molar-refractivity contribution < 1.29 is 0 Å². The first kappa shape index (κ1) is 9.99. The Morgan fingerprint density at radius 2 is 2.00 bits per heavy atom. The molecule has 1 rings (SSSR count). The topological polar surface area (TPSA) is 42.1 Å². The van der Waals surface area contributed by atoms with E-state index in [9.17, 15) is 0 Å². The summed E-state index contributed by atoms with van der Waals surface area (Å²) in [7, 11) is 0. The van der Waals surface area contributed by atoms with Crippen LogP contribution >= 0.6 is 0 Å². The molecule has 0 aromatic carbocycles. The Balaban J connectivity index is 2.64. The first-order valence-corrected chi connectivity index (χ1v) is 4.73. The van der Waals surface area contributed by atoms with E-state index in [1.54, 1.807) is 0 Å². The molecule has 72 valence electrons. The van der Waals surface area contributed by atoms with Crippen LogP contribution in [-0.4, -0.2) is 24.6 Å². The molecule has 0 amide bonds. The standard InChI is InChI=1S/C10H17N3/c1-2-8-13(9-5-11)10-3-6-12-7-4-10/h3-4,6-7H,2,5,8-9,11H2,1H3. The second-order valence-corrected chi connectivity index (χ2v) is 2.98. The van der Waals surface area contributed by atoms with Gasteiger partial charge in [-0.2, -0.15) is 0 Å². The summed E-state index contributed by atoms with van der Waals surface area (Å²) in [6, 6.07) is 4.04. The zero-order valence-electron chi connectivity index (χ0n) is 8.11. The van der Waals surface area contributed by atoms with E-state index in [1.807, 2.05) is 24.5 Å². The second-order valence-electron chi connectivity index (χ2n) is 2.98. The summed E-state index contributed by atoms with van der Waals surface area (Å²) >= 11 is 0. The molecule has 0 aliphatic carbocycles. The number of aromatic nitrogens is 1. The van der Waals surface area contributed by atoms with Crippen molar-refractivity contribution >= 4 is 5.69 Å². The van der Waals surface area contributed by atoms with Gasteiger partial charge in [0.15, 0.2) is 0 Å². The Morgan fingerprint density at radius 1 is 1.31 bits per heavy atom. The molecule has 0 spiro atoms. The number of hydrogen-bond acceptors (Lipinski definition) is 3. The molecular weight excluding hydrogens is 162 g/mol. The highest BCUT2D eigenvalue weighted by molar-refractivity contribution is 5.44. The number of pyridine rings is 1. The Bertz CT molecular complexity index is 217. The number of rotatable bonds is 5. The van der Waals surface area contributed by atoms with E-state index in [2.05, 4.69) is 16.8 Å². The van der Waals surface area contributed by atoms with Gasteiger partial charge in [-0.25, -0.2) is 0 Å². The van der Waals surface area contributed by atoms with Gasteiger partial charge in [-0.3, -0.25) is 4.98 Å². The lowest BCUT2D eigenvalue weighted by molar-refractivity contribution is 0.762. The lowest BCUT2D eigenvalue weighted by atomic mass is 10.3. The zero-order chi connectivity index (χ0) is 9.52. The average molecular weight is 179 g/mol. The lowest BCUT2D eigenvalue weighted by Crippen LogP contribution is -2.29. The molecule has 2 N–H and O–H groups in total. The molecule has 0 saturated heterocycles. The third-order valence-electron chi connectivity index (χ3n) is 1.92.